The molecule has 2 amide bonds. The lowest BCUT2D eigenvalue weighted by molar-refractivity contribution is 0.182. The van der Waals surface area contributed by atoms with Crippen molar-refractivity contribution in [1.82, 2.24) is 19.7 Å². The molecule has 3 aromatic rings. The third kappa shape index (κ3) is 4.19. The van der Waals surface area contributed by atoms with Crippen LogP contribution in [-0.4, -0.2) is 38.8 Å². The van der Waals surface area contributed by atoms with Crippen molar-refractivity contribution in [3.63, 3.8) is 0 Å². The van der Waals surface area contributed by atoms with Crippen molar-refractivity contribution in [2.75, 3.05) is 18.4 Å². The second-order valence-corrected chi connectivity index (χ2v) is 7.03. The van der Waals surface area contributed by atoms with Crippen LogP contribution in [-0.2, 0) is 6.42 Å². The molecule has 1 aliphatic heterocycles. The minimum atomic E-state index is -0.362. The molecule has 0 bridgehead atoms. The van der Waals surface area contributed by atoms with E-state index in [0.717, 1.165) is 30.8 Å². The molecule has 1 saturated heterocycles. The number of amides is 2. The number of urea groups is 1. The molecule has 0 atom stereocenters. The van der Waals surface area contributed by atoms with Crippen molar-refractivity contribution in [3.05, 3.63) is 72.6 Å². The molecule has 0 aliphatic carbocycles. The summed E-state index contributed by atoms with van der Waals surface area (Å²) in [4.78, 5) is 14.2. The number of likely N-dealkylation sites (tertiary alicyclic amines) is 1. The Morgan fingerprint density at radius 1 is 1.11 bits per heavy atom. The molecule has 6 nitrogen and oxygen atoms in total. The summed E-state index contributed by atoms with van der Waals surface area (Å²) in [5.41, 5.74) is 1.53. The lowest BCUT2D eigenvalue weighted by Crippen LogP contribution is -2.41. The zero-order valence-electron chi connectivity index (χ0n) is 15.5. The van der Waals surface area contributed by atoms with Gasteiger partial charge in [-0.05, 0) is 49.1 Å². The first-order chi connectivity index (χ1) is 13.7. The van der Waals surface area contributed by atoms with Gasteiger partial charge in [-0.2, -0.15) is 0 Å². The first kappa shape index (κ1) is 18.2. The molecule has 7 heteroatoms. The quantitative estimate of drug-likeness (QED) is 0.748. The summed E-state index contributed by atoms with van der Waals surface area (Å²) in [6.07, 6.45) is 4.37. The zero-order chi connectivity index (χ0) is 19.3. The number of anilines is 1. The maximum atomic E-state index is 13.3. The van der Waals surface area contributed by atoms with Crippen LogP contribution in [0, 0.1) is 11.7 Å². The van der Waals surface area contributed by atoms with Gasteiger partial charge in [0.1, 0.15) is 18.0 Å². The third-order valence-corrected chi connectivity index (χ3v) is 5.10. The van der Waals surface area contributed by atoms with Crippen LogP contribution >= 0.6 is 0 Å². The van der Waals surface area contributed by atoms with Gasteiger partial charge in [-0.15, -0.1) is 10.2 Å². The Hall–Kier alpha value is -3.22. The van der Waals surface area contributed by atoms with E-state index in [9.17, 15) is 9.18 Å². The van der Waals surface area contributed by atoms with Crippen LogP contribution in [0.5, 0.6) is 0 Å². The number of carbonyl (C=O) groups is 1. The number of para-hydroxylation sites is 1. The predicted octanol–water partition coefficient (Wildman–Crippen LogP) is 3.89. The summed E-state index contributed by atoms with van der Waals surface area (Å²) < 4.78 is 15.3. The van der Waals surface area contributed by atoms with E-state index in [1.807, 2.05) is 34.9 Å². The van der Waals surface area contributed by atoms with E-state index in [1.165, 1.54) is 12.1 Å². The molecule has 2 aromatic carbocycles. The highest BCUT2D eigenvalue weighted by Gasteiger charge is 2.24. The molecular formula is C21H22FN5O. The number of nitrogens with one attached hydrogen (secondary N) is 1. The van der Waals surface area contributed by atoms with Crippen LogP contribution in [0.25, 0.3) is 5.69 Å². The summed E-state index contributed by atoms with van der Waals surface area (Å²) in [5.74, 6) is 1.03. The Bertz CT molecular complexity index is 935. The number of rotatable bonds is 4. The summed E-state index contributed by atoms with van der Waals surface area (Å²) >= 11 is 0. The van der Waals surface area contributed by atoms with Crippen LogP contribution in [0.3, 0.4) is 0 Å². The summed E-state index contributed by atoms with van der Waals surface area (Å²) in [6, 6.07) is 15.8. The minimum Gasteiger partial charge on any atom is -0.325 e. The molecule has 0 spiro atoms. The number of hydrogen-bond acceptors (Lipinski definition) is 3. The highest BCUT2D eigenvalue weighted by atomic mass is 19.1. The zero-order valence-corrected chi connectivity index (χ0v) is 15.5. The number of nitrogens with zero attached hydrogens (tertiary/aromatic N) is 4. The maximum absolute atomic E-state index is 13.3. The molecule has 1 fully saturated rings. The second kappa shape index (κ2) is 8.21. The van der Waals surface area contributed by atoms with Crippen molar-refractivity contribution in [3.8, 4) is 5.69 Å². The van der Waals surface area contributed by atoms with Gasteiger partial charge in [-0.25, -0.2) is 9.18 Å². The topological polar surface area (TPSA) is 63.1 Å². The van der Waals surface area contributed by atoms with Crippen molar-refractivity contribution >= 4 is 11.7 Å². The molecule has 0 radical (unpaired) electrons. The van der Waals surface area contributed by atoms with Gasteiger partial charge < -0.3 is 10.2 Å². The van der Waals surface area contributed by atoms with Gasteiger partial charge in [0, 0.05) is 30.9 Å². The normalized spacial score (nSPS) is 14.8. The largest absolute Gasteiger partial charge is 0.325 e. The van der Waals surface area contributed by atoms with Gasteiger partial charge in [0.2, 0.25) is 0 Å². The molecular weight excluding hydrogens is 357 g/mol. The van der Waals surface area contributed by atoms with Gasteiger partial charge in [0.15, 0.2) is 0 Å². The van der Waals surface area contributed by atoms with E-state index in [1.54, 1.807) is 23.4 Å². The summed E-state index contributed by atoms with van der Waals surface area (Å²) in [5, 5.41) is 11.1. The minimum absolute atomic E-state index is 0.184. The van der Waals surface area contributed by atoms with Crippen LogP contribution in [0.1, 0.15) is 18.7 Å². The number of hydrogen-bond donors (Lipinski definition) is 1. The Balaban J connectivity index is 1.33. The van der Waals surface area contributed by atoms with Crippen LogP contribution < -0.4 is 5.32 Å². The van der Waals surface area contributed by atoms with Gasteiger partial charge in [-0.3, -0.25) is 4.57 Å². The van der Waals surface area contributed by atoms with Gasteiger partial charge in [0.25, 0.3) is 0 Å². The SMILES string of the molecule is O=C(Nc1cccc(F)c1)N1CCC(Cc2nncn2-c2ccccc2)CC1. The van der Waals surface area contributed by atoms with E-state index in [2.05, 4.69) is 15.5 Å². The standard InChI is InChI=1S/C21H22FN5O/c22-17-5-4-6-18(14-17)24-21(28)26-11-9-16(10-12-26)13-20-25-23-15-27(20)19-7-2-1-3-8-19/h1-8,14-16H,9-13H2,(H,24,28). The fourth-order valence-corrected chi connectivity index (χ4v) is 3.57. The fraction of sp³-hybridized carbons (Fsp3) is 0.286. The molecule has 28 heavy (non-hydrogen) atoms. The van der Waals surface area contributed by atoms with E-state index in [4.69, 9.17) is 0 Å². The van der Waals surface area contributed by atoms with Crippen molar-refractivity contribution in [2.45, 2.75) is 19.3 Å². The van der Waals surface area contributed by atoms with Crippen LogP contribution in [0.4, 0.5) is 14.9 Å². The lowest BCUT2D eigenvalue weighted by atomic mass is 9.93. The third-order valence-electron chi connectivity index (χ3n) is 5.10. The maximum Gasteiger partial charge on any atom is 0.321 e. The second-order valence-electron chi connectivity index (χ2n) is 7.03. The Morgan fingerprint density at radius 2 is 1.89 bits per heavy atom. The molecule has 4 rings (SSSR count). The molecule has 1 aromatic heterocycles. The number of aromatic nitrogens is 3. The average molecular weight is 379 g/mol. The van der Waals surface area contributed by atoms with Crippen molar-refractivity contribution in [2.24, 2.45) is 5.92 Å². The monoisotopic (exact) mass is 379 g/mol. The summed E-state index contributed by atoms with van der Waals surface area (Å²) in [6.45, 7) is 1.34. The van der Waals surface area contributed by atoms with E-state index in [0.29, 0.717) is 24.7 Å². The Morgan fingerprint density at radius 3 is 2.64 bits per heavy atom. The molecule has 1 N–H and O–H groups in total. The molecule has 0 unspecified atom stereocenters. The van der Waals surface area contributed by atoms with Crippen molar-refractivity contribution in [1.29, 1.82) is 0 Å². The van der Waals surface area contributed by atoms with E-state index in [-0.39, 0.29) is 11.8 Å². The molecule has 1 aliphatic rings. The number of piperidine rings is 1. The van der Waals surface area contributed by atoms with Gasteiger partial charge in [-0.1, -0.05) is 24.3 Å². The first-order valence-electron chi connectivity index (χ1n) is 9.45. The number of carbonyl (C=O) groups excluding carboxylic acids is 1. The Labute approximate surface area is 163 Å². The van der Waals surface area contributed by atoms with E-state index < -0.39 is 0 Å². The van der Waals surface area contributed by atoms with E-state index >= 15 is 0 Å². The molecule has 2 heterocycles. The summed E-state index contributed by atoms with van der Waals surface area (Å²) in [7, 11) is 0. The van der Waals surface area contributed by atoms with Crippen LogP contribution in [0.2, 0.25) is 0 Å². The van der Waals surface area contributed by atoms with Gasteiger partial charge in [0.05, 0.1) is 0 Å². The lowest BCUT2D eigenvalue weighted by Gasteiger charge is -2.31. The van der Waals surface area contributed by atoms with Gasteiger partial charge >= 0.3 is 6.03 Å². The fourth-order valence-electron chi connectivity index (χ4n) is 3.57. The van der Waals surface area contributed by atoms with Crippen molar-refractivity contribution < 1.29 is 9.18 Å². The highest BCUT2D eigenvalue weighted by molar-refractivity contribution is 5.89. The predicted molar refractivity (Wildman–Crippen MR) is 105 cm³/mol. The van der Waals surface area contributed by atoms with Crippen LogP contribution in [0.15, 0.2) is 60.9 Å². The molecule has 144 valence electrons. The average Bonchev–Trinajstić information content (AvgIpc) is 3.17. The highest BCUT2D eigenvalue weighted by Crippen LogP contribution is 2.23. The first-order valence-corrected chi connectivity index (χ1v) is 9.45. The smallest absolute Gasteiger partial charge is 0.321 e. The molecule has 0 saturated carbocycles. The Kier molecular flexibility index (Phi) is 5.32. The number of benzene rings is 2. The number of halogens is 1.